The Kier molecular flexibility index (Phi) is 2.56. The minimum absolute atomic E-state index is 0.0185. The minimum Gasteiger partial charge on any atom is -0.481 e. The molecule has 1 N–H and O–H groups in total. The predicted molar refractivity (Wildman–Crippen MR) is 23.8 cm³/mol. The summed E-state index contributed by atoms with van der Waals surface area (Å²) in [5, 5.41) is 20.1. The summed E-state index contributed by atoms with van der Waals surface area (Å²) in [5.41, 5.74) is 0. The number of rotatable bonds is 1. The van der Waals surface area contributed by atoms with Gasteiger partial charge in [-0.3, -0.25) is 4.79 Å². The zero-order valence-electron chi connectivity index (χ0n) is 4.24. The molecule has 0 aliphatic heterocycles. The molecular formula is C4H6N2O2. The molecule has 0 radical (unpaired) electrons. The first-order valence-electron chi connectivity index (χ1n) is 2.23. The number of nitrogens with zero attached hydrogens (tertiary/aromatic N) is 2. The molecule has 0 saturated heterocycles. The Morgan fingerprint density at radius 1 is 1.50 bits per heavy atom. The molecule has 4 heteroatoms. The summed E-state index contributed by atoms with van der Waals surface area (Å²) in [7, 11) is 0. The second kappa shape index (κ2) is 2.97. The highest BCUT2D eigenvalue weighted by Gasteiger charge is 2.28. The van der Waals surface area contributed by atoms with E-state index in [1.165, 1.54) is 0 Å². The van der Waals surface area contributed by atoms with Crippen molar-refractivity contribution in [2.45, 2.75) is 12.8 Å². The molecule has 0 unspecified atom stereocenters. The fourth-order valence-corrected chi connectivity index (χ4v) is 0.330. The van der Waals surface area contributed by atoms with E-state index in [0.717, 1.165) is 12.8 Å². The summed E-state index contributed by atoms with van der Waals surface area (Å²) < 4.78 is 0. The molecule has 4 nitrogen and oxygen atoms in total. The van der Waals surface area contributed by atoms with E-state index in [1.807, 2.05) is 0 Å². The number of aliphatic carboxylic acids is 1. The van der Waals surface area contributed by atoms with Gasteiger partial charge in [-0.2, -0.15) is 0 Å². The lowest BCUT2D eigenvalue weighted by Gasteiger charge is -1.75. The average Bonchev–Trinajstić information content (AvgIpc) is 2.50. The van der Waals surface area contributed by atoms with Crippen LogP contribution in [0.2, 0.25) is 0 Å². The van der Waals surface area contributed by atoms with Crippen molar-refractivity contribution < 1.29 is 9.90 Å². The van der Waals surface area contributed by atoms with Crippen molar-refractivity contribution in [1.82, 2.24) is 0 Å². The zero-order valence-corrected chi connectivity index (χ0v) is 4.24. The molecule has 0 heterocycles. The van der Waals surface area contributed by atoms with E-state index < -0.39 is 5.97 Å². The van der Waals surface area contributed by atoms with Crippen molar-refractivity contribution in [2.75, 3.05) is 0 Å². The normalized spacial score (nSPS) is 15.8. The van der Waals surface area contributed by atoms with E-state index in [4.69, 9.17) is 15.9 Å². The van der Waals surface area contributed by atoms with Gasteiger partial charge in [0.15, 0.2) is 0 Å². The smallest absolute Gasteiger partial charge is 0.306 e. The molecule has 0 aromatic carbocycles. The maximum Gasteiger partial charge on any atom is 0.306 e. The third-order valence-corrected chi connectivity index (χ3v) is 0.927. The lowest BCUT2D eigenvalue weighted by Crippen LogP contribution is -1.94. The van der Waals surface area contributed by atoms with Gasteiger partial charge in [-0.15, -0.1) is 0 Å². The van der Waals surface area contributed by atoms with Crippen LogP contribution in [0.5, 0.6) is 0 Å². The Labute approximate surface area is 46.5 Å². The fourth-order valence-electron chi connectivity index (χ4n) is 0.330. The Morgan fingerprint density at radius 2 is 1.88 bits per heavy atom. The summed E-state index contributed by atoms with van der Waals surface area (Å²) in [5.74, 6) is -0.611. The van der Waals surface area contributed by atoms with Gasteiger partial charge in [-0.05, 0) is 12.8 Å². The van der Waals surface area contributed by atoms with Gasteiger partial charge in [0.05, 0.1) is 5.92 Å². The van der Waals surface area contributed by atoms with Crippen molar-refractivity contribution >= 4 is 5.97 Å². The van der Waals surface area contributed by atoms with Crippen LogP contribution in [0.1, 0.15) is 12.8 Å². The van der Waals surface area contributed by atoms with Crippen LogP contribution >= 0.6 is 0 Å². The number of carbonyl (C=O) groups is 1. The highest BCUT2D eigenvalue weighted by atomic mass is 16.4. The first-order valence-corrected chi connectivity index (χ1v) is 2.23. The molecule has 0 aromatic heterocycles. The Balaban J connectivity index is 0.000000222. The van der Waals surface area contributed by atoms with Crippen molar-refractivity contribution in [3.63, 3.8) is 0 Å². The third kappa shape index (κ3) is 2.13. The van der Waals surface area contributed by atoms with Crippen molar-refractivity contribution in [2.24, 2.45) is 5.92 Å². The molecule has 0 aromatic rings. The summed E-state index contributed by atoms with van der Waals surface area (Å²) in [6.45, 7) is 0. The molecular weight excluding hydrogens is 108 g/mol. The van der Waals surface area contributed by atoms with E-state index in [1.54, 1.807) is 0 Å². The second-order valence-corrected chi connectivity index (χ2v) is 1.61. The highest BCUT2D eigenvalue weighted by molar-refractivity contribution is 5.72. The monoisotopic (exact) mass is 114 g/mol. The summed E-state index contributed by atoms with van der Waals surface area (Å²) >= 11 is 0. The number of hydrogen-bond acceptors (Lipinski definition) is 3. The van der Waals surface area contributed by atoms with Crippen LogP contribution in [0, 0.1) is 16.7 Å². The van der Waals surface area contributed by atoms with Gasteiger partial charge in [0, 0.05) is 10.8 Å². The summed E-state index contributed by atoms with van der Waals surface area (Å²) in [6, 6.07) is 0. The van der Waals surface area contributed by atoms with Crippen LogP contribution in [0.15, 0.2) is 0 Å². The van der Waals surface area contributed by atoms with E-state index in [2.05, 4.69) is 0 Å². The molecule has 8 heavy (non-hydrogen) atoms. The Hall–Kier alpha value is -1.11. The van der Waals surface area contributed by atoms with Gasteiger partial charge < -0.3 is 5.11 Å². The first kappa shape index (κ1) is 6.89. The minimum atomic E-state index is -0.630. The zero-order chi connectivity index (χ0) is 6.57. The van der Waals surface area contributed by atoms with E-state index >= 15 is 0 Å². The molecule has 1 saturated carbocycles. The third-order valence-electron chi connectivity index (χ3n) is 0.927. The average molecular weight is 114 g/mol. The molecule has 44 valence electrons. The summed E-state index contributed by atoms with van der Waals surface area (Å²) in [6.07, 6.45) is 1.80. The lowest BCUT2D eigenvalue weighted by atomic mass is 10.5. The van der Waals surface area contributed by atoms with Crippen LogP contribution in [0.4, 0.5) is 0 Å². The number of carboxylic acid groups (broad SMARTS) is 1. The van der Waals surface area contributed by atoms with Crippen molar-refractivity contribution in [3.05, 3.63) is 0 Å². The predicted octanol–water partition coefficient (Wildman–Crippen LogP) is 0.511. The highest BCUT2D eigenvalue weighted by Crippen LogP contribution is 2.28. The molecule has 1 aliphatic carbocycles. The van der Waals surface area contributed by atoms with Crippen LogP contribution in [-0.4, -0.2) is 11.1 Å². The van der Waals surface area contributed by atoms with Gasteiger partial charge in [-0.1, -0.05) is 0 Å². The van der Waals surface area contributed by atoms with Gasteiger partial charge in [0.25, 0.3) is 0 Å². The van der Waals surface area contributed by atoms with E-state index in [0.29, 0.717) is 0 Å². The van der Waals surface area contributed by atoms with E-state index in [9.17, 15) is 4.79 Å². The van der Waals surface area contributed by atoms with Crippen molar-refractivity contribution in [1.29, 1.82) is 10.8 Å². The van der Waals surface area contributed by atoms with Crippen molar-refractivity contribution in [3.8, 4) is 0 Å². The Morgan fingerprint density at radius 3 is 1.88 bits per heavy atom. The molecule has 0 atom stereocenters. The molecule has 0 amide bonds. The standard InChI is InChI=1S/C4H6O2.N2/c5-4(6)3-1-2-3;1-2/h3H,1-2H2,(H,5,6);. The topological polar surface area (TPSA) is 84.9 Å². The van der Waals surface area contributed by atoms with E-state index in [-0.39, 0.29) is 5.92 Å². The largest absolute Gasteiger partial charge is 0.481 e. The van der Waals surface area contributed by atoms with Crippen LogP contribution in [0.3, 0.4) is 0 Å². The summed E-state index contributed by atoms with van der Waals surface area (Å²) in [4.78, 5) is 9.76. The molecule has 0 spiro atoms. The van der Waals surface area contributed by atoms with Gasteiger partial charge in [0.1, 0.15) is 0 Å². The van der Waals surface area contributed by atoms with Gasteiger partial charge >= 0.3 is 5.97 Å². The van der Waals surface area contributed by atoms with Crippen LogP contribution < -0.4 is 0 Å². The molecule has 1 rings (SSSR count). The van der Waals surface area contributed by atoms with Crippen LogP contribution in [0.25, 0.3) is 0 Å². The SMILES string of the molecule is N#N.O=C(O)C1CC1. The molecule has 1 fully saturated rings. The van der Waals surface area contributed by atoms with Gasteiger partial charge in [-0.25, -0.2) is 0 Å². The number of carboxylic acids is 1. The van der Waals surface area contributed by atoms with Gasteiger partial charge in [0.2, 0.25) is 0 Å². The quantitative estimate of drug-likeness (QED) is 0.503. The Bertz CT molecular complexity index is 106. The second-order valence-electron chi connectivity index (χ2n) is 1.61. The fraction of sp³-hybridized carbons (Fsp3) is 0.750. The maximum atomic E-state index is 9.76. The first-order chi connectivity index (χ1) is 3.80. The van der Waals surface area contributed by atoms with Crippen LogP contribution in [-0.2, 0) is 4.79 Å². The molecule has 1 aliphatic rings. The molecule has 0 bridgehead atoms. The number of hydrogen-bond donors (Lipinski definition) is 1. The maximum absolute atomic E-state index is 9.76. The lowest BCUT2D eigenvalue weighted by molar-refractivity contribution is -0.138.